The van der Waals surface area contributed by atoms with Crippen LogP contribution in [0.4, 0.5) is 0 Å². The lowest BCUT2D eigenvalue weighted by Gasteiger charge is -2.23. The monoisotopic (exact) mass is 259 g/mol. The smallest absolute Gasteiger partial charge is 0.327 e. The van der Waals surface area contributed by atoms with E-state index in [0.717, 1.165) is 25.0 Å². The minimum absolute atomic E-state index is 0.513. The van der Waals surface area contributed by atoms with E-state index in [1.807, 2.05) is 24.3 Å². The van der Waals surface area contributed by atoms with Crippen LogP contribution in [0, 0.1) is 0 Å². The van der Waals surface area contributed by atoms with Crippen molar-refractivity contribution in [1.82, 2.24) is 10.9 Å². The molecule has 19 heavy (non-hydrogen) atoms. The molecule has 0 bridgehead atoms. The summed E-state index contributed by atoms with van der Waals surface area (Å²) in [6.07, 6.45) is 4.80. The van der Waals surface area contributed by atoms with E-state index >= 15 is 0 Å². The van der Waals surface area contributed by atoms with Crippen molar-refractivity contribution in [2.45, 2.75) is 25.2 Å². The van der Waals surface area contributed by atoms with Crippen molar-refractivity contribution in [3.63, 3.8) is 0 Å². The molecule has 1 atom stereocenters. The van der Waals surface area contributed by atoms with Gasteiger partial charge in [-0.15, -0.1) is 0 Å². The molecule has 0 saturated heterocycles. The van der Waals surface area contributed by atoms with Crippen LogP contribution in [0.1, 0.15) is 30.7 Å². The molecule has 100 valence electrons. The average molecular weight is 259 g/mol. The van der Waals surface area contributed by atoms with Gasteiger partial charge in [0.25, 0.3) is 0 Å². The van der Waals surface area contributed by atoms with Gasteiger partial charge in [-0.2, -0.15) is 0 Å². The van der Waals surface area contributed by atoms with E-state index in [9.17, 15) is 9.59 Å². The average Bonchev–Trinajstić information content (AvgIpc) is 2.46. The molecule has 2 rings (SSSR count). The van der Waals surface area contributed by atoms with E-state index in [1.165, 1.54) is 5.56 Å². The number of nitrogens with two attached hydrogens (primary N) is 1. The maximum absolute atomic E-state index is 11.0. The molecule has 2 amide bonds. The van der Waals surface area contributed by atoms with Crippen LogP contribution in [0.25, 0.3) is 0 Å². The molecule has 1 aliphatic carbocycles. The predicted molar refractivity (Wildman–Crippen MR) is 71.6 cm³/mol. The predicted octanol–water partition coefficient (Wildman–Crippen LogP) is 0.944. The summed E-state index contributed by atoms with van der Waals surface area (Å²) >= 11 is 0. The van der Waals surface area contributed by atoms with Crippen LogP contribution in [0.15, 0.2) is 42.1 Å². The summed E-state index contributed by atoms with van der Waals surface area (Å²) in [6.45, 7) is 0. The van der Waals surface area contributed by atoms with Crippen molar-refractivity contribution in [3.05, 3.63) is 47.7 Å². The van der Waals surface area contributed by atoms with Crippen LogP contribution in [0.3, 0.4) is 0 Å². The summed E-state index contributed by atoms with van der Waals surface area (Å²) in [7, 11) is 0. The highest BCUT2D eigenvalue weighted by Crippen LogP contribution is 2.30. The van der Waals surface area contributed by atoms with Crippen LogP contribution < -0.4 is 16.6 Å². The van der Waals surface area contributed by atoms with Crippen LogP contribution in [0.2, 0.25) is 0 Å². The third-order valence-electron chi connectivity index (χ3n) is 3.24. The van der Waals surface area contributed by atoms with Gasteiger partial charge < -0.3 is 11.2 Å². The Morgan fingerprint density at radius 2 is 1.95 bits per heavy atom. The Morgan fingerprint density at radius 3 is 2.53 bits per heavy atom. The summed E-state index contributed by atoms with van der Waals surface area (Å²) in [4.78, 5) is 21.6. The molecule has 0 radical (unpaired) electrons. The Bertz CT molecular complexity index is 497. The van der Waals surface area contributed by atoms with Crippen molar-refractivity contribution >= 4 is 11.8 Å². The van der Waals surface area contributed by atoms with E-state index in [1.54, 1.807) is 0 Å². The molecule has 1 aromatic carbocycles. The molecule has 1 aliphatic rings. The van der Waals surface area contributed by atoms with Crippen LogP contribution >= 0.6 is 0 Å². The first kappa shape index (κ1) is 13.1. The fraction of sp³-hybridized carbons (Fsp3) is 0.286. The maximum atomic E-state index is 11.0. The van der Waals surface area contributed by atoms with Gasteiger partial charge in [-0.25, -0.2) is 0 Å². The van der Waals surface area contributed by atoms with E-state index in [2.05, 4.69) is 23.0 Å². The Hall–Kier alpha value is -2.30. The van der Waals surface area contributed by atoms with Crippen LogP contribution in [-0.2, 0) is 9.59 Å². The number of nitrogens with one attached hydrogen (secondary N) is 2. The molecule has 4 N–H and O–H groups in total. The van der Waals surface area contributed by atoms with Crippen molar-refractivity contribution in [1.29, 1.82) is 0 Å². The maximum Gasteiger partial charge on any atom is 0.327 e. The number of primary amides is 1. The summed E-state index contributed by atoms with van der Waals surface area (Å²) < 4.78 is 0. The third kappa shape index (κ3) is 3.58. The molecule has 0 spiro atoms. The van der Waals surface area contributed by atoms with Gasteiger partial charge in [0.1, 0.15) is 0 Å². The van der Waals surface area contributed by atoms with Crippen molar-refractivity contribution < 1.29 is 9.59 Å². The summed E-state index contributed by atoms with van der Waals surface area (Å²) in [5, 5.41) is 0. The standard InChI is InChI=1S/C14H17N3O2/c15-13(18)14(19)17-16-12-8-6-11(7-9-12)10-4-2-1-3-5-10/h1-5,8,11,16H,6-7,9H2,(H2,15,18)(H,17,19)/t11-/m1/s1. The van der Waals surface area contributed by atoms with Crippen molar-refractivity contribution in [2.24, 2.45) is 5.73 Å². The zero-order chi connectivity index (χ0) is 13.7. The van der Waals surface area contributed by atoms with Gasteiger partial charge in [-0.3, -0.25) is 15.0 Å². The molecule has 0 aromatic heterocycles. The Morgan fingerprint density at radius 1 is 1.21 bits per heavy atom. The first-order chi connectivity index (χ1) is 9.16. The first-order valence-corrected chi connectivity index (χ1v) is 6.26. The quantitative estimate of drug-likeness (QED) is 0.558. The van der Waals surface area contributed by atoms with Gasteiger partial charge in [0.2, 0.25) is 0 Å². The summed E-state index contributed by atoms with van der Waals surface area (Å²) in [5.74, 6) is -1.31. The SMILES string of the molecule is NC(=O)C(=O)NNC1=CC[C@@H](c2ccccc2)CC1. The van der Waals surface area contributed by atoms with Gasteiger partial charge in [-0.1, -0.05) is 36.4 Å². The highest BCUT2D eigenvalue weighted by molar-refractivity contribution is 6.34. The highest BCUT2D eigenvalue weighted by Gasteiger charge is 2.16. The zero-order valence-corrected chi connectivity index (χ0v) is 10.6. The molecule has 0 fully saturated rings. The summed E-state index contributed by atoms with van der Waals surface area (Å²) in [5.41, 5.74) is 12.1. The number of rotatable bonds is 3. The number of carbonyl (C=O) groups is 2. The van der Waals surface area contributed by atoms with Gasteiger partial charge in [0.05, 0.1) is 0 Å². The number of amides is 2. The van der Waals surface area contributed by atoms with Gasteiger partial charge >= 0.3 is 11.8 Å². The first-order valence-electron chi connectivity index (χ1n) is 6.26. The molecular formula is C14H17N3O2. The lowest BCUT2D eigenvalue weighted by atomic mass is 9.87. The number of allylic oxidation sites excluding steroid dienone is 2. The van der Waals surface area contributed by atoms with Crippen molar-refractivity contribution in [3.8, 4) is 0 Å². The van der Waals surface area contributed by atoms with E-state index < -0.39 is 11.8 Å². The van der Waals surface area contributed by atoms with Gasteiger partial charge in [0.15, 0.2) is 0 Å². The zero-order valence-electron chi connectivity index (χ0n) is 10.6. The highest BCUT2D eigenvalue weighted by atomic mass is 16.2. The minimum Gasteiger partial charge on any atom is -0.361 e. The molecule has 5 nitrogen and oxygen atoms in total. The fourth-order valence-corrected chi connectivity index (χ4v) is 2.17. The van der Waals surface area contributed by atoms with Gasteiger partial charge in [-0.05, 0) is 30.7 Å². The normalized spacial score (nSPS) is 18.3. The molecule has 0 heterocycles. The Labute approximate surface area is 111 Å². The number of hydrazine groups is 1. The number of benzene rings is 1. The second-order valence-corrected chi connectivity index (χ2v) is 4.55. The number of carbonyl (C=O) groups excluding carboxylic acids is 2. The molecule has 5 heteroatoms. The second-order valence-electron chi connectivity index (χ2n) is 4.55. The summed E-state index contributed by atoms with van der Waals surface area (Å²) in [6, 6.07) is 10.4. The van der Waals surface area contributed by atoms with Gasteiger partial charge in [0, 0.05) is 5.70 Å². The van der Waals surface area contributed by atoms with E-state index in [4.69, 9.17) is 5.73 Å². The van der Waals surface area contributed by atoms with E-state index in [-0.39, 0.29) is 0 Å². The minimum atomic E-state index is -0.994. The molecule has 0 saturated carbocycles. The largest absolute Gasteiger partial charge is 0.361 e. The van der Waals surface area contributed by atoms with Crippen LogP contribution in [-0.4, -0.2) is 11.8 Å². The molecule has 0 aliphatic heterocycles. The molecule has 1 aromatic rings. The Kier molecular flexibility index (Phi) is 4.18. The van der Waals surface area contributed by atoms with E-state index in [0.29, 0.717) is 5.92 Å². The fourth-order valence-electron chi connectivity index (χ4n) is 2.17. The third-order valence-corrected chi connectivity index (χ3v) is 3.24. The number of hydrogen-bond acceptors (Lipinski definition) is 3. The number of hydrogen-bond donors (Lipinski definition) is 3. The Balaban J connectivity index is 1.87. The van der Waals surface area contributed by atoms with Crippen LogP contribution in [0.5, 0.6) is 0 Å². The molecular weight excluding hydrogens is 242 g/mol. The molecule has 0 unspecified atom stereocenters. The second kappa shape index (κ2) is 6.04. The van der Waals surface area contributed by atoms with Crippen molar-refractivity contribution in [2.75, 3.05) is 0 Å². The topological polar surface area (TPSA) is 84.2 Å². The lowest BCUT2D eigenvalue weighted by molar-refractivity contribution is -0.137. The lowest BCUT2D eigenvalue weighted by Crippen LogP contribution is -2.44.